The third-order valence-electron chi connectivity index (χ3n) is 3.59. The van der Waals surface area contributed by atoms with E-state index in [9.17, 15) is 4.79 Å². The molecule has 1 N–H and O–H groups in total. The normalized spacial score (nSPS) is 13.2. The number of methoxy groups -OCH3 is 1. The average molecular weight is 249 g/mol. The van der Waals surface area contributed by atoms with Gasteiger partial charge in [0.1, 0.15) is 0 Å². The molecule has 0 aliphatic carbocycles. The second-order valence-corrected chi connectivity index (χ2v) is 5.28. The lowest BCUT2D eigenvalue weighted by Gasteiger charge is -2.32. The van der Waals surface area contributed by atoms with Gasteiger partial charge in [0.05, 0.1) is 12.5 Å². The lowest BCUT2D eigenvalue weighted by molar-refractivity contribution is -0.152. The minimum Gasteiger partial charge on any atom is -0.469 e. The molecule has 0 fully saturated rings. The monoisotopic (exact) mass is 249 g/mol. The van der Waals surface area contributed by atoms with E-state index in [0.717, 1.165) is 5.56 Å². The molecule has 0 amide bonds. The van der Waals surface area contributed by atoms with Crippen LogP contribution in [0.15, 0.2) is 18.2 Å². The zero-order valence-corrected chi connectivity index (χ0v) is 12.1. The van der Waals surface area contributed by atoms with Gasteiger partial charge in [-0.1, -0.05) is 18.2 Å². The summed E-state index contributed by atoms with van der Waals surface area (Å²) in [6.45, 7) is 7.96. The molecule has 0 heterocycles. The van der Waals surface area contributed by atoms with Crippen LogP contribution in [0.4, 0.5) is 0 Å². The third kappa shape index (κ3) is 2.72. The van der Waals surface area contributed by atoms with Gasteiger partial charge in [-0.3, -0.25) is 4.79 Å². The Morgan fingerprint density at radius 2 is 1.89 bits per heavy atom. The van der Waals surface area contributed by atoms with Crippen molar-refractivity contribution in [2.24, 2.45) is 5.41 Å². The predicted octanol–water partition coefficient (Wildman–Crippen LogP) is 2.76. The van der Waals surface area contributed by atoms with E-state index in [4.69, 9.17) is 4.74 Å². The second kappa shape index (κ2) is 5.53. The smallest absolute Gasteiger partial charge is 0.313 e. The maximum atomic E-state index is 11.9. The summed E-state index contributed by atoms with van der Waals surface area (Å²) in [6.07, 6.45) is 0. The van der Waals surface area contributed by atoms with Gasteiger partial charge in [0.25, 0.3) is 0 Å². The second-order valence-electron chi connectivity index (χ2n) is 5.28. The topological polar surface area (TPSA) is 38.3 Å². The first kappa shape index (κ1) is 14.7. The highest BCUT2D eigenvalue weighted by Gasteiger charge is 2.38. The molecule has 0 aliphatic heterocycles. The van der Waals surface area contributed by atoms with Crippen LogP contribution in [0.2, 0.25) is 0 Å². The van der Waals surface area contributed by atoms with Crippen molar-refractivity contribution in [3.05, 3.63) is 34.9 Å². The van der Waals surface area contributed by atoms with Gasteiger partial charge < -0.3 is 10.1 Å². The van der Waals surface area contributed by atoms with Gasteiger partial charge in [-0.05, 0) is 51.4 Å². The number of nitrogens with one attached hydrogen (secondary N) is 1. The Hall–Kier alpha value is -1.35. The highest BCUT2D eigenvalue weighted by atomic mass is 16.5. The molecule has 1 atom stereocenters. The molecule has 1 unspecified atom stereocenters. The lowest BCUT2D eigenvalue weighted by Crippen LogP contribution is -2.39. The zero-order valence-electron chi connectivity index (χ0n) is 12.1. The van der Waals surface area contributed by atoms with Gasteiger partial charge in [-0.2, -0.15) is 0 Å². The van der Waals surface area contributed by atoms with Gasteiger partial charge in [-0.25, -0.2) is 0 Å². The molecular weight excluding hydrogens is 226 g/mol. The number of carbonyl (C=O) groups is 1. The van der Waals surface area contributed by atoms with Crippen molar-refractivity contribution in [2.45, 2.75) is 33.7 Å². The number of hydrogen-bond acceptors (Lipinski definition) is 3. The predicted molar refractivity (Wildman–Crippen MR) is 73.5 cm³/mol. The van der Waals surface area contributed by atoms with E-state index >= 15 is 0 Å². The molecule has 100 valence electrons. The van der Waals surface area contributed by atoms with Crippen LogP contribution in [0, 0.1) is 19.3 Å². The van der Waals surface area contributed by atoms with E-state index < -0.39 is 5.41 Å². The Morgan fingerprint density at radius 3 is 2.33 bits per heavy atom. The number of esters is 1. The molecule has 0 radical (unpaired) electrons. The Labute approximate surface area is 110 Å². The van der Waals surface area contributed by atoms with Gasteiger partial charge >= 0.3 is 5.97 Å². The molecule has 0 saturated heterocycles. The standard InChI is InChI=1S/C15H23NO2/c1-10-7-8-12(9-11(10)2)13(16-5)15(3,4)14(17)18-6/h7-9,13,16H,1-6H3. The summed E-state index contributed by atoms with van der Waals surface area (Å²) >= 11 is 0. The van der Waals surface area contributed by atoms with Crippen LogP contribution in [-0.2, 0) is 9.53 Å². The fraction of sp³-hybridized carbons (Fsp3) is 0.533. The van der Waals surface area contributed by atoms with Crippen LogP contribution >= 0.6 is 0 Å². The molecule has 0 aromatic heterocycles. The largest absolute Gasteiger partial charge is 0.469 e. The first-order valence-electron chi connectivity index (χ1n) is 6.17. The molecular formula is C15H23NO2. The van der Waals surface area contributed by atoms with Gasteiger partial charge in [0.15, 0.2) is 0 Å². The molecule has 1 rings (SSSR count). The number of benzene rings is 1. The zero-order chi connectivity index (χ0) is 13.9. The van der Waals surface area contributed by atoms with E-state index in [1.54, 1.807) is 0 Å². The van der Waals surface area contributed by atoms with Crippen LogP contribution in [0.25, 0.3) is 0 Å². The minimum atomic E-state index is -0.606. The van der Waals surface area contributed by atoms with Crippen LogP contribution in [0.3, 0.4) is 0 Å². The van der Waals surface area contributed by atoms with Crippen molar-refractivity contribution in [1.29, 1.82) is 0 Å². The van der Waals surface area contributed by atoms with Crippen LogP contribution < -0.4 is 5.32 Å². The van der Waals surface area contributed by atoms with Crippen molar-refractivity contribution in [1.82, 2.24) is 5.32 Å². The summed E-state index contributed by atoms with van der Waals surface area (Å²) in [4.78, 5) is 11.9. The van der Waals surface area contributed by atoms with E-state index in [-0.39, 0.29) is 12.0 Å². The van der Waals surface area contributed by atoms with Crippen LogP contribution in [0.5, 0.6) is 0 Å². The fourth-order valence-electron chi connectivity index (χ4n) is 2.27. The van der Waals surface area contributed by atoms with Gasteiger partial charge in [0.2, 0.25) is 0 Å². The van der Waals surface area contributed by atoms with E-state index in [2.05, 4.69) is 37.4 Å². The van der Waals surface area contributed by atoms with Crippen molar-refractivity contribution >= 4 is 5.97 Å². The molecule has 3 nitrogen and oxygen atoms in total. The number of rotatable bonds is 4. The molecule has 0 aliphatic rings. The molecule has 1 aromatic rings. The Bertz CT molecular complexity index is 438. The van der Waals surface area contributed by atoms with Crippen molar-refractivity contribution in [2.75, 3.05) is 14.2 Å². The maximum Gasteiger partial charge on any atom is 0.313 e. The first-order valence-corrected chi connectivity index (χ1v) is 6.17. The SMILES string of the molecule is CNC(c1ccc(C)c(C)c1)C(C)(C)C(=O)OC. The van der Waals surface area contributed by atoms with E-state index in [1.807, 2.05) is 20.9 Å². The molecule has 0 saturated carbocycles. The van der Waals surface area contributed by atoms with Crippen molar-refractivity contribution in [3.63, 3.8) is 0 Å². The van der Waals surface area contributed by atoms with E-state index in [1.165, 1.54) is 18.2 Å². The van der Waals surface area contributed by atoms with Crippen molar-refractivity contribution in [3.8, 4) is 0 Å². The Kier molecular flexibility index (Phi) is 4.52. The lowest BCUT2D eigenvalue weighted by atomic mass is 9.80. The molecule has 0 spiro atoms. The van der Waals surface area contributed by atoms with Crippen molar-refractivity contribution < 1.29 is 9.53 Å². The average Bonchev–Trinajstić information content (AvgIpc) is 2.33. The Morgan fingerprint density at radius 1 is 1.28 bits per heavy atom. The number of aryl methyl sites for hydroxylation is 2. The fourth-order valence-corrected chi connectivity index (χ4v) is 2.27. The third-order valence-corrected chi connectivity index (χ3v) is 3.59. The summed E-state index contributed by atoms with van der Waals surface area (Å²) in [6, 6.07) is 6.21. The molecule has 3 heteroatoms. The van der Waals surface area contributed by atoms with Gasteiger partial charge in [0, 0.05) is 6.04 Å². The van der Waals surface area contributed by atoms with Crippen LogP contribution in [-0.4, -0.2) is 20.1 Å². The summed E-state index contributed by atoms with van der Waals surface area (Å²) in [5.41, 5.74) is 2.99. The quantitative estimate of drug-likeness (QED) is 0.834. The maximum absolute atomic E-state index is 11.9. The molecule has 18 heavy (non-hydrogen) atoms. The minimum absolute atomic E-state index is 0.0655. The Balaban J connectivity index is 3.17. The summed E-state index contributed by atoms with van der Waals surface area (Å²) in [7, 11) is 3.29. The number of hydrogen-bond donors (Lipinski definition) is 1. The number of carbonyl (C=O) groups excluding carboxylic acids is 1. The summed E-state index contributed by atoms with van der Waals surface area (Å²) in [5.74, 6) is -0.208. The van der Waals surface area contributed by atoms with Crippen LogP contribution in [0.1, 0.15) is 36.6 Å². The molecule has 1 aromatic carbocycles. The highest BCUT2D eigenvalue weighted by Crippen LogP contribution is 2.34. The highest BCUT2D eigenvalue weighted by molar-refractivity contribution is 5.77. The van der Waals surface area contributed by atoms with E-state index in [0.29, 0.717) is 0 Å². The first-order chi connectivity index (χ1) is 8.34. The number of ether oxygens (including phenoxy) is 1. The summed E-state index contributed by atoms with van der Waals surface area (Å²) < 4.78 is 4.89. The molecule has 0 bridgehead atoms. The summed E-state index contributed by atoms with van der Waals surface area (Å²) in [5, 5.41) is 3.22. The van der Waals surface area contributed by atoms with Gasteiger partial charge in [-0.15, -0.1) is 0 Å².